The van der Waals surface area contributed by atoms with Crippen LogP contribution in [-0.2, 0) is 10.0 Å². The summed E-state index contributed by atoms with van der Waals surface area (Å²) in [5.74, 6) is 0. The Morgan fingerprint density at radius 2 is 2.00 bits per heavy atom. The summed E-state index contributed by atoms with van der Waals surface area (Å²) in [4.78, 5) is 13.7. The van der Waals surface area contributed by atoms with Crippen LogP contribution in [0, 0.1) is 0 Å². The van der Waals surface area contributed by atoms with Crippen LogP contribution in [0.1, 0.15) is 6.92 Å². The van der Waals surface area contributed by atoms with E-state index in [0.717, 1.165) is 5.01 Å². The number of carbonyl (C=O) groups is 1. The van der Waals surface area contributed by atoms with E-state index < -0.39 is 16.1 Å². The Morgan fingerprint density at radius 1 is 1.37 bits per heavy atom. The van der Waals surface area contributed by atoms with Gasteiger partial charge in [-0.2, -0.15) is 5.10 Å². The monoisotopic (exact) mass is 302 g/mol. The number of halogens is 1. The molecule has 1 heterocycles. The van der Waals surface area contributed by atoms with Gasteiger partial charge in [-0.25, -0.2) is 23.6 Å². The zero-order valence-corrected chi connectivity index (χ0v) is 11.5. The van der Waals surface area contributed by atoms with Crippen LogP contribution in [0.3, 0.4) is 0 Å². The van der Waals surface area contributed by atoms with E-state index in [1.165, 1.54) is 24.3 Å². The lowest BCUT2D eigenvalue weighted by atomic mass is 10.4. The Morgan fingerprint density at radius 3 is 2.63 bits per heavy atom. The molecule has 7 nitrogen and oxygen atoms in total. The zero-order chi connectivity index (χ0) is 14.0. The maximum atomic E-state index is 12.0. The Labute approximate surface area is 115 Å². The number of rotatable bonds is 3. The van der Waals surface area contributed by atoms with Gasteiger partial charge in [0.1, 0.15) is 0 Å². The zero-order valence-electron chi connectivity index (χ0n) is 9.92. The van der Waals surface area contributed by atoms with Crippen molar-refractivity contribution in [3.05, 3.63) is 29.3 Å². The van der Waals surface area contributed by atoms with Crippen molar-refractivity contribution in [2.45, 2.75) is 11.8 Å². The van der Waals surface area contributed by atoms with E-state index in [0.29, 0.717) is 10.7 Å². The molecule has 0 spiro atoms. The molecule has 2 N–H and O–H groups in total. The molecule has 0 aromatic heterocycles. The molecule has 102 valence electrons. The van der Waals surface area contributed by atoms with Crippen molar-refractivity contribution in [2.24, 2.45) is 5.10 Å². The first-order chi connectivity index (χ1) is 8.88. The maximum Gasteiger partial charge on any atom is 0.353 e. The number of benzene rings is 1. The minimum absolute atomic E-state index is 0.0184. The van der Waals surface area contributed by atoms with Crippen molar-refractivity contribution in [1.29, 1.82) is 0 Å². The second-order valence-corrected chi connectivity index (χ2v) is 6.00. The number of nitrogens with zero attached hydrogens (tertiary/aromatic N) is 2. The van der Waals surface area contributed by atoms with Gasteiger partial charge in [0.2, 0.25) is 0 Å². The number of sulfonamides is 1. The quantitative estimate of drug-likeness (QED) is 0.870. The summed E-state index contributed by atoms with van der Waals surface area (Å²) in [5.41, 5.74) is 2.77. The van der Waals surface area contributed by atoms with Crippen LogP contribution < -0.4 is 10.3 Å². The molecule has 0 saturated heterocycles. The van der Waals surface area contributed by atoms with Crippen LogP contribution in [0.25, 0.3) is 0 Å². The van der Waals surface area contributed by atoms with Crippen LogP contribution in [0.5, 0.6) is 0 Å². The molecule has 1 aliphatic heterocycles. The Kier molecular flexibility index (Phi) is 3.74. The van der Waals surface area contributed by atoms with Crippen molar-refractivity contribution < 1.29 is 13.2 Å². The predicted molar refractivity (Wildman–Crippen MR) is 70.1 cm³/mol. The number of hydrazone groups is 1. The second kappa shape index (κ2) is 5.16. The Bertz CT molecular complexity index is 627. The highest BCUT2D eigenvalue weighted by Crippen LogP contribution is 2.14. The molecular formula is C10H11ClN4O3S. The van der Waals surface area contributed by atoms with Crippen LogP contribution in [0.4, 0.5) is 4.79 Å². The maximum absolute atomic E-state index is 12.0. The van der Waals surface area contributed by atoms with Gasteiger partial charge in [0, 0.05) is 5.02 Å². The lowest BCUT2D eigenvalue weighted by Crippen LogP contribution is -2.54. The van der Waals surface area contributed by atoms with Gasteiger partial charge in [-0.15, -0.1) is 4.83 Å². The Hall–Kier alpha value is -1.64. The minimum atomic E-state index is -3.83. The Balaban J connectivity index is 2.20. The molecule has 0 radical (unpaired) electrons. The average molecular weight is 303 g/mol. The van der Waals surface area contributed by atoms with Crippen LogP contribution in [0.15, 0.2) is 34.3 Å². The van der Waals surface area contributed by atoms with Crippen LogP contribution in [0.2, 0.25) is 5.02 Å². The van der Waals surface area contributed by atoms with Gasteiger partial charge in [0.05, 0.1) is 17.2 Å². The van der Waals surface area contributed by atoms with Gasteiger partial charge >= 0.3 is 6.03 Å². The fourth-order valence-corrected chi connectivity index (χ4v) is 2.59. The lowest BCUT2D eigenvalue weighted by molar-refractivity contribution is 0.193. The van der Waals surface area contributed by atoms with Crippen molar-refractivity contribution in [3.8, 4) is 0 Å². The van der Waals surface area contributed by atoms with E-state index in [4.69, 9.17) is 11.6 Å². The molecule has 9 heteroatoms. The molecule has 0 aliphatic carbocycles. The topological polar surface area (TPSA) is 90.9 Å². The molecule has 2 rings (SSSR count). The third-order valence-corrected chi connectivity index (χ3v) is 3.93. The summed E-state index contributed by atoms with van der Waals surface area (Å²) in [5, 5.41) is 5.06. The van der Waals surface area contributed by atoms with E-state index in [2.05, 4.69) is 15.4 Å². The highest BCUT2D eigenvalue weighted by molar-refractivity contribution is 7.89. The number of hydrogen-bond donors (Lipinski definition) is 2. The van der Waals surface area contributed by atoms with Gasteiger partial charge in [-0.1, -0.05) is 11.6 Å². The van der Waals surface area contributed by atoms with E-state index in [9.17, 15) is 13.2 Å². The first-order valence-electron chi connectivity index (χ1n) is 5.27. The third-order valence-electron chi connectivity index (χ3n) is 2.33. The lowest BCUT2D eigenvalue weighted by Gasteiger charge is -2.25. The molecule has 1 aromatic rings. The van der Waals surface area contributed by atoms with E-state index in [1.807, 2.05) is 0 Å². The number of amides is 2. The van der Waals surface area contributed by atoms with Gasteiger partial charge < -0.3 is 0 Å². The molecular weight excluding hydrogens is 292 g/mol. The number of hydrazine groups is 1. The van der Waals surface area contributed by atoms with Crippen molar-refractivity contribution in [1.82, 2.24) is 15.3 Å². The van der Waals surface area contributed by atoms with Crippen molar-refractivity contribution >= 4 is 33.4 Å². The standard InChI is InChI=1S/C10H11ClN4O3S/c1-7-6-15(10(16)13-12-7)14-19(17,18)9-4-2-8(11)3-5-9/h2-5,14H,6H2,1H3,(H,13,16). The highest BCUT2D eigenvalue weighted by atomic mass is 35.5. The normalized spacial score (nSPS) is 16.0. The molecule has 1 aliphatic rings. The van der Waals surface area contributed by atoms with Gasteiger partial charge in [0.25, 0.3) is 10.0 Å². The van der Waals surface area contributed by atoms with Gasteiger partial charge in [0.15, 0.2) is 0 Å². The van der Waals surface area contributed by atoms with Crippen LogP contribution >= 0.6 is 11.6 Å². The summed E-state index contributed by atoms with van der Waals surface area (Å²) in [6, 6.07) is 4.99. The molecule has 0 fully saturated rings. The van der Waals surface area contributed by atoms with E-state index in [1.54, 1.807) is 6.92 Å². The van der Waals surface area contributed by atoms with Crippen LogP contribution in [-0.4, -0.2) is 31.7 Å². The number of urea groups is 1. The highest BCUT2D eigenvalue weighted by Gasteiger charge is 2.25. The third kappa shape index (κ3) is 3.22. The number of hydrogen-bond acceptors (Lipinski definition) is 4. The molecule has 19 heavy (non-hydrogen) atoms. The summed E-state index contributed by atoms with van der Waals surface area (Å²) < 4.78 is 24.1. The van der Waals surface area contributed by atoms with Gasteiger partial charge in [-0.3, -0.25) is 0 Å². The fraction of sp³-hybridized carbons (Fsp3) is 0.200. The molecule has 2 amide bonds. The molecule has 1 aromatic carbocycles. The molecule has 0 bridgehead atoms. The molecule has 0 unspecified atom stereocenters. The largest absolute Gasteiger partial charge is 0.353 e. The van der Waals surface area contributed by atoms with Crippen molar-refractivity contribution in [3.63, 3.8) is 0 Å². The second-order valence-electron chi connectivity index (χ2n) is 3.90. The van der Waals surface area contributed by atoms with Crippen molar-refractivity contribution in [2.75, 3.05) is 6.54 Å². The first kappa shape index (κ1) is 13.8. The summed E-state index contributed by atoms with van der Waals surface area (Å²) in [6.45, 7) is 1.75. The van der Waals surface area contributed by atoms with E-state index >= 15 is 0 Å². The average Bonchev–Trinajstić information content (AvgIpc) is 2.34. The minimum Gasteiger partial charge on any atom is -0.245 e. The molecule has 0 saturated carbocycles. The SMILES string of the molecule is CC1=NNC(=O)N(NS(=O)(=O)c2ccc(Cl)cc2)C1. The summed E-state index contributed by atoms with van der Waals surface area (Å²) in [7, 11) is -3.83. The number of carbonyl (C=O) groups excluding carboxylic acids is 1. The predicted octanol–water partition coefficient (Wildman–Crippen LogP) is 0.934. The molecule has 0 atom stereocenters. The smallest absolute Gasteiger partial charge is 0.245 e. The summed E-state index contributed by atoms with van der Waals surface area (Å²) in [6.07, 6.45) is 0. The first-order valence-corrected chi connectivity index (χ1v) is 7.13. The van der Waals surface area contributed by atoms with Gasteiger partial charge in [-0.05, 0) is 31.2 Å². The van der Waals surface area contributed by atoms with E-state index in [-0.39, 0.29) is 11.4 Å². The number of nitrogens with one attached hydrogen (secondary N) is 2. The summed E-state index contributed by atoms with van der Waals surface area (Å²) >= 11 is 5.69. The fourth-order valence-electron chi connectivity index (χ4n) is 1.42.